The van der Waals surface area contributed by atoms with Crippen molar-refractivity contribution in [1.29, 1.82) is 0 Å². The third-order valence-electron chi connectivity index (χ3n) is 3.22. The summed E-state index contributed by atoms with van der Waals surface area (Å²) in [6, 6.07) is 8.65. The van der Waals surface area contributed by atoms with Crippen molar-refractivity contribution in [3.8, 4) is 0 Å². The molecular weight excluding hydrogens is 274 g/mol. The second kappa shape index (κ2) is 6.03. The lowest BCUT2D eigenvalue weighted by molar-refractivity contribution is 0.717. The van der Waals surface area contributed by atoms with Crippen molar-refractivity contribution in [3.05, 3.63) is 39.8 Å². The number of nitrogens with one attached hydrogen (secondary N) is 1. The van der Waals surface area contributed by atoms with Gasteiger partial charge in [0.05, 0.1) is 5.25 Å². The molecule has 19 heavy (non-hydrogen) atoms. The summed E-state index contributed by atoms with van der Waals surface area (Å²) in [5.41, 5.74) is 1.45. The number of aromatic nitrogens is 2. The molecule has 1 aromatic heterocycles. The summed E-state index contributed by atoms with van der Waals surface area (Å²) >= 11 is 3.71. The zero-order valence-electron chi connectivity index (χ0n) is 10.9. The molecule has 1 atom stereocenters. The van der Waals surface area contributed by atoms with E-state index in [2.05, 4.69) is 39.8 Å². The molecule has 0 bridgehead atoms. The molecule has 2 aromatic rings. The van der Waals surface area contributed by atoms with Gasteiger partial charge in [-0.3, -0.25) is 0 Å². The van der Waals surface area contributed by atoms with E-state index in [1.54, 1.807) is 11.3 Å². The van der Waals surface area contributed by atoms with Crippen molar-refractivity contribution in [2.75, 3.05) is 13.6 Å². The van der Waals surface area contributed by atoms with Gasteiger partial charge in [0, 0.05) is 11.3 Å². The Morgan fingerprint density at radius 3 is 3.05 bits per heavy atom. The minimum atomic E-state index is 0.466. The zero-order valence-corrected chi connectivity index (χ0v) is 12.6. The number of rotatable bonds is 5. The molecule has 0 fully saturated rings. The van der Waals surface area contributed by atoms with Crippen LogP contribution in [0.1, 0.15) is 27.2 Å². The molecule has 2 heterocycles. The van der Waals surface area contributed by atoms with E-state index in [0.717, 1.165) is 25.8 Å². The van der Waals surface area contributed by atoms with Crippen molar-refractivity contribution in [3.63, 3.8) is 0 Å². The van der Waals surface area contributed by atoms with E-state index in [1.807, 2.05) is 18.8 Å². The molecule has 1 aromatic carbocycles. The molecule has 5 heteroatoms. The van der Waals surface area contributed by atoms with E-state index in [1.165, 1.54) is 20.5 Å². The molecule has 1 N–H and O–H groups in total. The summed E-state index contributed by atoms with van der Waals surface area (Å²) in [5, 5.41) is 14.7. The Morgan fingerprint density at radius 2 is 2.21 bits per heavy atom. The van der Waals surface area contributed by atoms with Crippen LogP contribution >= 0.6 is 23.1 Å². The van der Waals surface area contributed by atoms with Gasteiger partial charge in [0.1, 0.15) is 10.0 Å². The van der Waals surface area contributed by atoms with Crippen LogP contribution in [0, 0.1) is 0 Å². The van der Waals surface area contributed by atoms with Gasteiger partial charge in [0.25, 0.3) is 0 Å². The highest BCUT2D eigenvalue weighted by Crippen LogP contribution is 2.46. The van der Waals surface area contributed by atoms with Gasteiger partial charge in [-0.25, -0.2) is 0 Å². The van der Waals surface area contributed by atoms with E-state index >= 15 is 0 Å². The molecule has 100 valence electrons. The molecule has 1 aliphatic rings. The van der Waals surface area contributed by atoms with Crippen LogP contribution in [0.15, 0.2) is 29.2 Å². The minimum absolute atomic E-state index is 0.466. The number of aryl methyl sites for hydroxylation is 1. The molecule has 3 rings (SSSR count). The van der Waals surface area contributed by atoms with Gasteiger partial charge in [-0.05, 0) is 38.1 Å². The first-order valence-electron chi connectivity index (χ1n) is 6.58. The average Bonchev–Trinajstić information content (AvgIpc) is 3.04. The molecule has 0 saturated heterocycles. The number of hydrogen-bond donors (Lipinski definition) is 1. The summed E-state index contributed by atoms with van der Waals surface area (Å²) in [6.07, 6.45) is 3.25. The first-order valence-corrected chi connectivity index (χ1v) is 8.28. The predicted octanol–water partition coefficient (Wildman–Crippen LogP) is 3.08. The second-order valence-electron chi connectivity index (χ2n) is 4.66. The molecule has 1 aliphatic heterocycles. The summed E-state index contributed by atoms with van der Waals surface area (Å²) in [5.74, 6) is 0. The monoisotopic (exact) mass is 291 g/mol. The van der Waals surface area contributed by atoms with Crippen molar-refractivity contribution in [2.45, 2.75) is 29.4 Å². The highest BCUT2D eigenvalue weighted by atomic mass is 32.2. The van der Waals surface area contributed by atoms with Gasteiger partial charge in [0.2, 0.25) is 0 Å². The number of fused-ring (bicyclic) bond motifs is 1. The normalized spacial score (nSPS) is 17.6. The summed E-state index contributed by atoms with van der Waals surface area (Å²) in [4.78, 5) is 1.40. The van der Waals surface area contributed by atoms with Crippen LogP contribution in [0.2, 0.25) is 0 Å². The standard InChI is InChI=1S/C14H17N3S2/c1-15-8-4-7-13-16-17-14(19-13)12-9-10-5-2-3-6-11(10)18-12/h2-3,5-6,12,15H,4,7-9H2,1H3. The molecule has 0 spiro atoms. The van der Waals surface area contributed by atoms with Gasteiger partial charge in [0.15, 0.2) is 0 Å². The van der Waals surface area contributed by atoms with Crippen molar-refractivity contribution >= 4 is 23.1 Å². The van der Waals surface area contributed by atoms with Crippen LogP contribution in [0.4, 0.5) is 0 Å². The van der Waals surface area contributed by atoms with Gasteiger partial charge in [-0.1, -0.05) is 18.2 Å². The third kappa shape index (κ3) is 2.99. The first-order chi connectivity index (χ1) is 9.36. The van der Waals surface area contributed by atoms with Crippen LogP contribution in [-0.4, -0.2) is 23.8 Å². The molecule has 3 nitrogen and oxygen atoms in total. The molecule has 0 saturated carbocycles. The van der Waals surface area contributed by atoms with Crippen molar-refractivity contribution in [2.24, 2.45) is 0 Å². The van der Waals surface area contributed by atoms with E-state index in [-0.39, 0.29) is 0 Å². The Balaban J connectivity index is 1.65. The quantitative estimate of drug-likeness (QED) is 0.859. The summed E-state index contributed by atoms with van der Waals surface area (Å²) in [7, 11) is 1.98. The highest BCUT2D eigenvalue weighted by Gasteiger charge is 2.26. The predicted molar refractivity (Wildman–Crippen MR) is 80.9 cm³/mol. The number of benzene rings is 1. The maximum Gasteiger partial charge on any atom is 0.131 e. The number of nitrogens with zero attached hydrogens (tertiary/aromatic N) is 2. The maximum atomic E-state index is 4.39. The fourth-order valence-corrected chi connectivity index (χ4v) is 4.57. The topological polar surface area (TPSA) is 37.8 Å². The lowest BCUT2D eigenvalue weighted by Gasteiger charge is -2.01. The van der Waals surface area contributed by atoms with Gasteiger partial charge < -0.3 is 5.32 Å². The summed E-state index contributed by atoms with van der Waals surface area (Å²) < 4.78 is 0. The van der Waals surface area contributed by atoms with Gasteiger partial charge in [-0.15, -0.1) is 33.3 Å². The van der Waals surface area contributed by atoms with Crippen LogP contribution in [0.3, 0.4) is 0 Å². The van der Waals surface area contributed by atoms with E-state index in [4.69, 9.17) is 0 Å². The van der Waals surface area contributed by atoms with Gasteiger partial charge >= 0.3 is 0 Å². The van der Waals surface area contributed by atoms with Crippen molar-refractivity contribution < 1.29 is 0 Å². The largest absolute Gasteiger partial charge is 0.320 e. The van der Waals surface area contributed by atoms with Crippen LogP contribution in [0.25, 0.3) is 0 Å². The number of thioether (sulfide) groups is 1. The average molecular weight is 291 g/mol. The Hall–Kier alpha value is -0.910. The van der Waals surface area contributed by atoms with E-state index in [0.29, 0.717) is 5.25 Å². The fourth-order valence-electron chi connectivity index (χ4n) is 2.23. The lowest BCUT2D eigenvalue weighted by atomic mass is 10.1. The smallest absolute Gasteiger partial charge is 0.131 e. The molecular formula is C14H17N3S2. The summed E-state index contributed by atoms with van der Waals surface area (Å²) in [6.45, 7) is 1.04. The lowest BCUT2D eigenvalue weighted by Crippen LogP contribution is -2.08. The molecule has 0 amide bonds. The fraction of sp³-hybridized carbons (Fsp3) is 0.429. The van der Waals surface area contributed by atoms with Gasteiger partial charge in [-0.2, -0.15) is 0 Å². The minimum Gasteiger partial charge on any atom is -0.320 e. The molecule has 0 aliphatic carbocycles. The molecule has 0 radical (unpaired) electrons. The Morgan fingerprint density at radius 1 is 1.32 bits per heavy atom. The number of hydrogen-bond acceptors (Lipinski definition) is 5. The second-order valence-corrected chi connectivity index (χ2v) is 7.00. The Kier molecular flexibility index (Phi) is 4.15. The Bertz CT molecular complexity index is 528. The maximum absolute atomic E-state index is 4.39. The SMILES string of the molecule is CNCCCc1nnc(C2Cc3ccccc3S2)s1. The highest BCUT2D eigenvalue weighted by molar-refractivity contribution is 8.00. The van der Waals surface area contributed by atoms with Crippen LogP contribution < -0.4 is 5.32 Å². The Labute approximate surface area is 121 Å². The van der Waals surface area contributed by atoms with E-state index in [9.17, 15) is 0 Å². The molecule has 1 unspecified atom stereocenters. The van der Waals surface area contributed by atoms with Crippen molar-refractivity contribution in [1.82, 2.24) is 15.5 Å². The van der Waals surface area contributed by atoms with E-state index < -0.39 is 0 Å². The third-order valence-corrected chi connectivity index (χ3v) is 5.80. The zero-order chi connectivity index (χ0) is 13.1. The first kappa shape index (κ1) is 13.1. The van der Waals surface area contributed by atoms with Crippen LogP contribution in [-0.2, 0) is 12.8 Å². The van der Waals surface area contributed by atoms with Crippen LogP contribution in [0.5, 0.6) is 0 Å².